The van der Waals surface area contributed by atoms with Crippen molar-refractivity contribution in [1.29, 1.82) is 0 Å². The highest BCUT2D eigenvalue weighted by atomic mass is 16.5. The van der Waals surface area contributed by atoms with Crippen molar-refractivity contribution in [1.82, 2.24) is 0 Å². The first kappa shape index (κ1) is 12.7. The molecule has 1 aliphatic heterocycles. The van der Waals surface area contributed by atoms with E-state index in [1.54, 1.807) is 0 Å². The van der Waals surface area contributed by atoms with Gasteiger partial charge in [-0.2, -0.15) is 0 Å². The molecular formula is C15H18O3. The Bertz CT molecular complexity index is 463. The molecule has 0 amide bonds. The van der Waals surface area contributed by atoms with E-state index in [-0.39, 0.29) is 19.0 Å². The number of hydrogen-bond acceptors (Lipinski definition) is 3. The Morgan fingerprint density at radius 3 is 2.72 bits per heavy atom. The summed E-state index contributed by atoms with van der Waals surface area (Å²) in [7, 11) is 0. The quantitative estimate of drug-likeness (QED) is 0.822. The number of rotatable bonds is 3. The average molecular weight is 246 g/mol. The Balaban J connectivity index is 2.17. The molecule has 2 rings (SSSR count). The van der Waals surface area contributed by atoms with Crippen LogP contribution in [0.4, 0.5) is 0 Å². The Labute approximate surface area is 107 Å². The lowest BCUT2D eigenvalue weighted by Crippen LogP contribution is -2.15. The fourth-order valence-corrected chi connectivity index (χ4v) is 1.63. The van der Waals surface area contributed by atoms with Crippen molar-refractivity contribution in [3.8, 4) is 11.5 Å². The van der Waals surface area contributed by atoms with E-state index in [1.165, 1.54) is 0 Å². The van der Waals surface area contributed by atoms with Gasteiger partial charge >= 0.3 is 0 Å². The number of ether oxygens (including phenoxy) is 2. The smallest absolute Gasteiger partial charge is 0.207 e. The molecule has 0 spiro atoms. The summed E-state index contributed by atoms with van der Waals surface area (Å²) in [5.74, 6) is 1.80. The van der Waals surface area contributed by atoms with Gasteiger partial charge in [0.15, 0.2) is 24.7 Å². The molecule has 0 radical (unpaired) electrons. The van der Waals surface area contributed by atoms with Gasteiger partial charge in [-0.3, -0.25) is 4.79 Å². The highest BCUT2D eigenvalue weighted by molar-refractivity contribution is 5.82. The van der Waals surface area contributed by atoms with Crippen molar-refractivity contribution < 1.29 is 14.3 Å². The molecule has 3 nitrogen and oxygen atoms in total. The van der Waals surface area contributed by atoms with Gasteiger partial charge in [0.2, 0.25) is 5.78 Å². The summed E-state index contributed by atoms with van der Waals surface area (Å²) in [6.07, 6.45) is 5.37. The van der Waals surface area contributed by atoms with E-state index in [0.717, 1.165) is 12.0 Å². The first-order chi connectivity index (χ1) is 8.69. The molecule has 0 fully saturated rings. The first-order valence-corrected chi connectivity index (χ1v) is 6.28. The van der Waals surface area contributed by atoms with Gasteiger partial charge in [-0.15, -0.1) is 0 Å². The maximum absolute atomic E-state index is 11.2. The van der Waals surface area contributed by atoms with E-state index in [0.29, 0.717) is 17.4 Å². The zero-order valence-corrected chi connectivity index (χ0v) is 10.8. The number of allylic oxidation sites excluding steroid dienone is 1. The third kappa shape index (κ3) is 3.13. The van der Waals surface area contributed by atoms with Crippen molar-refractivity contribution in [2.24, 2.45) is 5.92 Å². The van der Waals surface area contributed by atoms with E-state index in [2.05, 4.69) is 26.0 Å². The van der Waals surface area contributed by atoms with Gasteiger partial charge in [-0.1, -0.05) is 38.5 Å². The van der Waals surface area contributed by atoms with E-state index in [4.69, 9.17) is 9.47 Å². The number of Topliss-reactive ketones (excluding diaryl/α,β-unsaturated/α-hetero) is 1. The fraction of sp³-hybridized carbons (Fsp3) is 0.400. The Kier molecular flexibility index (Phi) is 4.03. The molecule has 3 heteroatoms. The molecule has 0 bridgehead atoms. The highest BCUT2D eigenvalue weighted by Gasteiger charge is 2.14. The molecule has 0 N–H and O–H groups in total. The maximum Gasteiger partial charge on any atom is 0.207 e. The number of fused-ring (bicyclic) bond motifs is 1. The second kappa shape index (κ2) is 5.71. The average Bonchev–Trinajstić information content (AvgIpc) is 2.58. The molecule has 18 heavy (non-hydrogen) atoms. The van der Waals surface area contributed by atoms with Gasteiger partial charge in [0, 0.05) is 0 Å². The van der Waals surface area contributed by atoms with Crippen LogP contribution in [-0.4, -0.2) is 19.0 Å². The van der Waals surface area contributed by atoms with E-state index in [9.17, 15) is 4.79 Å². The molecule has 1 aromatic carbocycles. The van der Waals surface area contributed by atoms with Gasteiger partial charge < -0.3 is 9.47 Å². The zero-order chi connectivity index (χ0) is 13.0. The predicted molar refractivity (Wildman–Crippen MR) is 70.9 cm³/mol. The first-order valence-electron chi connectivity index (χ1n) is 6.28. The summed E-state index contributed by atoms with van der Waals surface area (Å²) >= 11 is 0. The van der Waals surface area contributed by atoms with E-state index >= 15 is 0 Å². The van der Waals surface area contributed by atoms with Crippen LogP contribution < -0.4 is 9.47 Å². The molecule has 1 atom stereocenters. The zero-order valence-electron chi connectivity index (χ0n) is 10.8. The summed E-state index contributed by atoms with van der Waals surface area (Å²) in [6.45, 7) is 4.52. The lowest BCUT2D eigenvalue weighted by molar-refractivity contribution is -0.122. The van der Waals surface area contributed by atoms with Gasteiger partial charge in [0.25, 0.3) is 0 Å². The molecule has 0 saturated carbocycles. The summed E-state index contributed by atoms with van der Waals surface area (Å²) in [5.41, 5.74) is 1.06. The van der Waals surface area contributed by atoms with Crippen LogP contribution in [0.15, 0.2) is 24.3 Å². The van der Waals surface area contributed by atoms with Crippen molar-refractivity contribution in [2.75, 3.05) is 13.2 Å². The second-order valence-corrected chi connectivity index (χ2v) is 4.57. The van der Waals surface area contributed by atoms with Crippen LogP contribution >= 0.6 is 0 Å². The van der Waals surface area contributed by atoms with Gasteiger partial charge in [-0.05, 0) is 23.6 Å². The lowest BCUT2D eigenvalue weighted by atomic mass is 10.1. The third-order valence-electron chi connectivity index (χ3n) is 3.01. The number of carbonyl (C=O) groups is 1. The Morgan fingerprint density at radius 2 is 2.00 bits per heavy atom. The fourth-order valence-electron chi connectivity index (χ4n) is 1.63. The second-order valence-electron chi connectivity index (χ2n) is 4.57. The Hall–Kier alpha value is -1.77. The summed E-state index contributed by atoms with van der Waals surface area (Å²) in [6, 6.07) is 5.73. The van der Waals surface area contributed by atoms with Gasteiger partial charge in [-0.25, -0.2) is 0 Å². The summed E-state index contributed by atoms with van der Waals surface area (Å²) in [4.78, 5) is 11.2. The van der Waals surface area contributed by atoms with Crippen LogP contribution in [0.2, 0.25) is 0 Å². The topological polar surface area (TPSA) is 35.5 Å². The predicted octanol–water partition coefficient (Wildman–Crippen LogP) is 3.09. The molecule has 0 aliphatic carbocycles. The minimum absolute atomic E-state index is 0.0390. The largest absolute Gasteiger partial charge is 0.482 e. The minimum atomic E-state index is -0.0390. The van der Waals surface area contributed by atoms with Crippen LogP contribution in [0.3, 0.4) is 0 Å². The number of ketones is 1. The van der Waals surface area contributed by atoms with Crippen LogP contribution in [-0.2, 0) is 4.79 Å². The van der Waals surface area contributed by atoms with Crippen molar-refractivity contribution in [3.63, 3.8) is 0 Å². The van der Waals surface area contributed by atoms with Crippen LogP contribution in [0, 0.1) is 5.92 Å². The molecular weight excluding hydrogens is 228 g/mol. The van der Waals surface area contributed by atoms with Gasteiger partial charge in [0.05, 0.1) is 0 Å². The number of hydrogen-bond donors (Lipinski definition) is 0. The molecule has 1 unspecified atom stereocenters. The van der Waals surface area contributed by atoms with Crippen LogP contribution in [0.5, 0.6) is 11.5 Å². The molecule has 1 heterocycles. The number of carbonyl (C=O) groups excluding carboxylic acids is 1. The third-order valence-corrected chi connectivity index (χ3v) is 3.01. The molecule has 0 aromatic heterocycles. The minimum Gasteiger partial charge on any atom is -0.482 e. The lowest BCUT2D eigenvalue weighted by Gasteiger charge is -2.07. The summed E-state index contributed by atoms with van der Waals surface area (Å²) in [5, 5.41) is 0. The van der Waals surface area contributed by atoms with Crippen molar-refractivity contribution in [3.05, 3.63) is 29.8 Å². The van der Waals surface area contributed by atoms with E-state index < -0.39 is 0 Å². The van der Waals surface area contributed by atoms with Crippen molar-refractivity contribution >= 4 is 11.9 Å². The van der Waals surface area contributed by atoms with Gasteiger partial charge in [0.1, 0.15) is 0 Å². The van der Waals surface area contributed by atoms with Crippen LogP contribution in [0.25, 0.3) is 6.08 Å². The molecule has 1 aliphatic rings. The maximum atomic E-state index is 11.2. The standard InChI is InChI=1S/C15H18O3/c1-3-11(2)4-5-12-6-7-14-15(8-12)18-10-13(16)9-17-14/h4-8,11H,3,9-10H2,1-2H3. The van der Waals surface area contributed by atoms with E-state index in [1.807, 2.05) is 18.2 Å². The summed E-state index contributed by atoms with van der Waals surface area (Å²) < 4.78 is 10.8. The monoisotopic (exact) mass is 246 g/mol. The SMILES string of the molecule is CCC(C)C=Cc1ccc2c(c1)OCC(=O)CO2. The molecule has 0 saturated heterocycles. The normalized spacial score (nSPS) is 16.7. The Morgan fingerprint density at radius 1 is 1.28 bits per heavy atom. The van der Waals surface area contributed by atoms with Crippen LogP contribution in [0.1, 0.15) is 25.8 Å². The number of benzene rings is 1. The molecule has 1 aromatic rings. The highest BCUT2D eigenvalue weighted by Crippen LogP contribution is 2.30. The molecule has 96 valence electrons. The van der Waals surface area contributed by atoms with Crippen molar-refractivity contribution in [2.45, 2.75) is 20.3 Å².